The number of carboxylic acids is 2. The lowest BCUT2D eigenvalue weighted by Gasteiger charge is -2.09. The lowest BCUT2D eigenvalue weighted by molar-refractivity contribution is -0.377. The molecule has 0 saturated heterocycles. The zero-order valence-corrected chi connectivity index (χ0v) is 14.4. The van der Waals surface area contributed by atoms with Gasteiger partial charge in [0.05, 0.1) is 25.0 Å². The second-order valence-corrected chi connectivity index (χ2v) is 5.49. The van der Waals surface area contributed by atoms with E-state index in [0.717, 1.165) is 37.1 Å². The Bertz CT molecular complexity index is 407. The molecule has 0 atom stereocenters. The van der Waals surface area contributed by atoms with Crippen LogP contribution >= 0.6 is 0 Å². The normalized spacial score (nSPS) is 9.04. The molecule has 0 bridgehead atoms. The molecule has 0 unspecified atom stereocenters. The predicted molar refractivity (Wildman–Crippen MR) is 83.9 cm³/mol. The van der Waals surface area contributed by atoms with E-state index in [1.165, 1.54) is 12.1 Å². The van der Waals surface area contributed by atoms with E-state index in [4.69, 9.17) is 0 Å². The Morgan fingerprint density at radius 1 is 0.870 bits per heavy atom. The van der Waals surface area contributed by atoms with Gasteiger partial charge in [-0.1, -0.05) is 52.0 Å². The fourth-order valence-corrected chi connectivity index (χ4v) is 0.839. The first-order valence-electron chi connectivity index (χ1n) is 7.27. The van der Waals surface area contributed by atoms with Crippen LogP contribution in [-0.4, -0.2) is 30.5 Å². The highest BCUT2D eigenvalue weighted by Crippen LogP contribution is 2.05. The third kappa shape index (κ3) is 14.7. The fourth-order valence-electron chi connectivity index (χ4n) is 0.839. The quantitative estimate of drug-likeness (QED) is 0.615. The summed E-state index contributed by atoms with van der Waals surface area (Å²) in [6.45, 7) is 10.8. The van der Waals surface area contributed by atoms with Crippen molar-refractivity contribution in [3.63, 3.8) is 0 Å². The maximum absolute atomic E-state index is 10.3. The number of carboxylic acid groups (broad SMARTS) is 2. The van der Waals surface area contributed by atoms with Gasteiger partial charge in [-0.2, -0.15) is 0 Å². The summed E-state index contributed by atoms with van der Waals surface area (Å²) in [6, 6.07) is 5.14. The van der Waals surface area contributed by atoms with E-state index in [-0.39, 0.29) is 16.6 Å². The molecule has 1 aromatic rings. The number of carbonyl (C=O) groups excluding carboxylic acids is 2. The van der Waals surface area contributed by atoms with Crippen molar-refractivity contribution < 1.29 is 36.7 Å². The molecule has 1 aromatic carbocycles. The standard InChI is InChI=1S/C8H6O4.2C4H11N.H2O/c9-7(10)5-3-1-2-4-6(5)8(11)12;2*1-4(2)3-5;/h1-4H,(H,9,10)(H,11,12);2*4H,3,5H2,1-2H3;1H2. The smallest absolute Gasteiger partial charge is 0.0763 e. The van der Waals surface area contributed by atoms with E-state index in [9.17, 15) is 19.8 Å². The third-order valence-corrected chi connectivity index (χ3v) is 2.52. The van der Waals surface area contributed by atoms with Gasteiger partial charge in [0.2, 0.25) is 0 Å². The maximum Gasteiger partial charge on any atom is 0.0763 e. The van der Waals surface area contributed by atoms with Gasteiger partial charge in [0.1, 0.15) is 0 Å². The topological polar surface area (TPSA) is 167 Å². The molecule has 7 heteroatoms. The van der Waals surface area contributed by atoms with E-state index in [2.05, 4.69) is 39.2 Å². The molecule has 134 valence electrons. The van der Waals surface area contributed by atoms with Gasteiger partial charge in [-0.15, -0.1) is 0 Å². The Labute approximate surface area is 137 Å². The van der Waals surface area contributed by atoms with E-state index < -0.39 is 11.9 Å². The van der Waals surface area contributed by atoms with Gasteiger partial charge in [-0.3, -0.25) is 0 Å². The Morgan fingerprint density at radius 3 is 1.22 bits per heavy atom. The number of benzene rings is 1. The van der Waals surface area contributed by atoms with Crippen molar-refractivity contribution in [1.82, 2.24) is 0 Å². The van der Waals surface area contributed by atoms with Crippen LogP contribution in [0.2, 0.25) is 0 Å². The molecule has 0 saturated carbocycles. The molecule has 0 aromatic heterocycles. The predicted octanol–water partition coefficient (Wildman–Crippen LogP) is -2.64. The minimum atomic E-state index is -1.52. The average Bonchev–Trinajstić information content (AvgIpc) is 2.48. The molecule has 7 nitrogen and oxygen atoms in total. The van der Waals surface area contributed by atoms with Crippen molar-refractivity contribution in [3.05, 3.63) is 35.4 Å². The first kappa shape index (κ1) is 26.0. The van der Waals surface area contributed by atoms with E-state index >= 15 is 0 Å². The molecule has 0 amide bonds. The number of quaternary nitrogens is 2. The van der Waals surface area contributed by atoms with Crippen molar-refractivity contribution in [2.75, 3.05) is 13.1 Å². The second-order valence-electron chi connectivity index (χ2n) is 5.49. The van der Waals surface area contributed by atoms with Gasteiger partial charge in [-0.25, -0.2) is 0 Å². The third-order valence-electron chi connectivity index (χ3n) is 2.52. The van der Waals surface area contributed by atoms with Gasteiger partial charge in [0.15, 0.2) is 0 Å². The zero-order chi connectivity index (χ0) is 17.7. The van der Waals surface area contributed by atoms with Gasteiger partial charge in [-0.05, 0) is 0 Å². The lowest BCUT2D eigenvalue weighted by Crippen LogP contribution is -2.52. The van der Waals surface area contributed by atoms with Crippen molar-refractivity contribution in [2.45, 2.75) is 27.7 Å². The Hall–Kier alpha value is -1.96. The van der Waals surface area contributed by atoms with Crippen molar-refractivity contribution in [1.29, 1.82) is 0 Å². The van der Waals surface area contributed by atoms with Crippen molar-refractivity contribution in [3.8, 4) is 0 Å². The molecule has 0 aliphatic rings. The number of hydrogen-bond donors (Lipinski definition) is 2. The summed E-state index contributed by atoms with van der Waals surface area (Å²) in [4.78, 5) is 20.6. The minimum absolute atomic E-state index is 0. The van der Waals surface area contributed by atoms with Crippen LogP contribution in [0.5, 0.6) is 0 Å². The van der Waals surface area contributed by atoms with Gasteiger partial charge in [0.25, 0.3) is 0 Å². The van der Waals surface area contributed by atoms with E-state index in [1.807, 2.05) is 0 Å². The summed E-state index contributed by atoms with van der Waals surface area (Å²) in [5, 5.41) is 20.6. The number of hydrogen-bond acceptors (Lipinski definition) is 4. The molecule has 0 heterocycles. The van der Waals surface area contributed by atoms with Crippen LogP contribution in [0.15, 0.2) is 24.3 Å². The average molecular weight is 330 g/mol. The maximum atomic E-state index is 10.3. The van der Waals surface area contributed by atoms with Crippen LogP contribution < -0.4 is 21.7 Å². The molecule has 0 fully saturated rings. The molecular weight excluding hydrogens is 300 g/mol. The largest absolute Gasteiger partial charge is 0.545 e. The van der Waals surface area contributed by atoms with Crippen LogP contribution in [0.3, 0.4) is 0 Å². The molecule has 0 radical (unpaired) electrons. The van der Waals surface area contributed by atoms with Gasteiger partial charge < -0.3 is 36.7 Å². The summed E-state index contributed by atoms with van der Waals surface area (Å²) >= 11 is 0. The zero-order valence-electron chi connectivity index (χ0n) is 14.4. The molecular formula is C16H30N2O5. The molecule has 0 aliphatic carbocycles. The molecule has 0 aliphatic heterocycles. The Kier molecular flexibility index (Phi) is 16.9. The molecule has 1 rings (SSSR count). The Morgan fingerprint density at radius 2 is 1.09 bits per heavy atom. The van der Waals surface area contributed by atoms with Crippen LogP contribution in [-0.2, 0) is 0 Å². The summed E-state index contributed by atoms with van der Waals surface area (Å²) in [5.74, 6) is -1.49. The summed E-state index contributed by atoms with van der Waals surface area (Å²) < 4.78 is 0. The number of aromatic carboxylic acids is 2. The first-order valence-corrected chi connectivity index (χ1v) is 7.27. The SMILES string of the molecule is CC(C)C[NH3+].CC(C)C[NH3+].O.O=C([O-])c1ccccc1C(=O)[O-]. The highest BCUT2D eigenvalue weighted by Gasteiger charge is 2.01. The molecule has 0 spiro atoms. The van der Waals surface area contributed by atoms with Gasteiger partial charge in [0, 0.05) is 23.0 Å². The van der Waals surface area contributed by atoms with Crippen molar-refractivity contribution in [2.24, 2.45) is 11.8 Å². The van der Waals surface area contributed by atoms with E-state index in [0.29, 0.717) is 0 Å². The van der Waals surface area contributed by atoms with Gasteiger partial charge >= 0.3 is 0 Å². The lowest BCUT2D eigenvalue weighted by atomic mass is 10.1. The van der Waals surface area contributed by atoms with Crippen LogP contribution in [0.4, 0.5) is 0 Å². The van der Waals surface area contributed by atoms with Crippen LogP contribution in [0, 0.1) is 11.8 Å². The molecule has 8 N–H and O–H groups in total. The number of rotatable bonds is 4. The monoisotopic (exact) mass is 330 g/mol. The molecule has 23 heavy (non-hydrogen) atoms. The van der Waals surface area contributed by atoms with Crippen LogP contribution in [0.1, 0.15) is 48.4 Å². The van der Waals surface area contributed by atoms with Crippen molar-refractivity contribution >= 4 is 11.9 Å². The summed E-state index contributed by atoms with van der Waals surface area (Å²) in [5.41, 5.74) is 6.64. The van der Waals surface area contributed by atoms with Crippen LogP contribution in [0.25, 0.3) is 0 Å². The Balaban J connectivity index is -0.000000307. The highest BCUT2D eigenvalue weighted by molar-refractivity contribution is 5.99. The van der Waals surface area contributed by atoms with E-state index in [1.54, 1.807) is 0 Å². The fraction of sp³-hybridized carbons (Fsp3) is 0.500. The highest BCUT2D eigenvalue weighted by atomic mass is 16.4. The summed E-state index contributed by atoms with van der Waals surface area (Å²) in [6.07, 6.45) is 0. The number of carbonyl (C=O) groups is 2. The second kappa shape index (κ2) is 15.0. The summed E-state index contributed by atoms with van der Waals surface area (Å²) in [7, 11) is 0. The first-order chi connectivity index (χ1) is 10.2. The minimum Gasteiger partial charge on any atom is -0.545 e.